The number of hydrogen-bond acceptors (Lipinski definition) is 2. The van der Waals surface area contributed by atoms with Gasteiger partial charge in [-0.1, -0.05) is 46.8 Å². The van der Waals surface area contributed by atoms with Gasteiger partial charge in [0.1, 0.15) is 0 Å². The van der Waals surface area contributed by atoms with Crippen LogP contribution >= 0.6 is 27.3 Å². The summed E-state index contributed by atoms with van der Waals surface area (Å²) in [5.74, 6) is 0.689. The van der Waals surface area contributed by atoms with Crippen LogP contribution in [-0.4, -0.2) is 6.54 Å². The summed E-state index contributed by atoms with van der Waals surface area (Å²) < 4.78 is 2.58. The third kappa shape index (κ3) is 3.44. The smallest absolute Gasteiger partial charge is 0.0491 e. The van der Waals surface area contributed by atoms with E-state index in [4.69, 9.17) is 0 Å². The molecule has 110 valence electrons. The lowest BCUT2D eigenvalue weighted by Crippen LogP contribution is -2.21. The van der Waals surface area contributed by atoms with Crippen LogP contribution in [0.5, 0.6) is 0 Å². The summed E-state index contributed by atoms with van der Waals surface area (Å²) in [4.78, 5) is 1.47. The van der Waals surface area contributed by atoms with Crippen LogP contribution in [0.3, 0.4) is 0 Å². The second kappa shape index (κ2) is 6.17. The van der Waals surface area contributed by atoms with E-state index in [0.717, 1.165) is 13.1 Å². The van der Waals surface area contributed by atoms with Crippen molar-refractivity contribution in [2.24, 2.45) is 5.92 Å². The predicted octanol–water partition coefficient (Wildman–Crippen LogP) is 5.71. The predicted molar refractivity (Wildman–Crippen MR) is 94.8 cm³/mol. The summed E-state index contributed by atoms with van der Waals surface area (Å²) >= 11 is 5.61. The quantitative estimate of drug-likeness (QED) is 0.742. The van der Waals surface area contributed by atoms with Gasteiger partial charge < -0.3 is 5.32 Å². The van der Waals surface area contributed by atoms with Gasteiger partial charge in [-0.25, -0.2) is 0 Å². The molecule has 0 saturated heterocycles. The Labute approximate surface area is 134 Å². The lowest BCUT2D eigenvalue weighted by molar-refractivity contribution is 0.543. The standard InChI is InChI=1S/C17H24BrNS/c1-11(2)9-19-10-14-15(17(3,4)5)12-7-6-8-13(18)16(12)20-14/h6-8,11,19H,9-10H2,1-5H3. The van der Waals surface area contributed by atoms with E-state index < -0.39 is 0 Å². The van der Waals surface area contributed by atoms with E-state index in [-0.39, 0.29) is 5.41 Å². The van der Waals surface area contributed by atoms with Crippen molar-refractivity contribution in [1.82, 2.24) is 5.32 Å². The molecule has 2 aromatic rings. The van der Waals surface area contributed by atoms with Crippen LogP contribution in [0.15, 0.2) is 22.7 Å². The molecule has 0 aliphatic carbocycles. The Morgan fingerprint density at radius 2 is 1.95 bits per heavy atom. The maximum atomic E-state index is 3.69. The number of rotatable bonds is 4. The lowest BCUT2D eigenvalue weighted by Gasteiger charge is -2.21. The van der Waals surface area contributed by atoms with E-state index >= 15 is 0 Å². The molecule has 0 aliphatic rings. The second-order valence-corrected chi connectivity index (χ2v) is 8.75. The molecule has 0 saturated carbocycles. The van der Waals surface area contributed by atoms with E-state index in [1.54, 1.807) is 0 Å². The average molecular weight is 354 g/mol. The average Bonchev–Trinajstić information content (AvgIpc) is 2.68. The fourth-order valence-electron chi connectivity index (χ4n) is 2.55. The molecule has 1 nitrogen and oxygen atoms in total. The molecule has 3 heteroatoms. The van der Waals surface area contributed by atoms with Gasteiger partial charge in [0.2, 0.25) is 0 Å². The van der Waals surface area contributed by atoms with Gasteiger partial charge in [0.05, 0.1) is 0 Å². The first-order valence-electron chi connectivity index (χ1n) is 7.21. The number of halogens is 1. The van der Waals surface area contributed by atoms with Crippen LogP contribution in [0.1, 0.15) is 45.1 Å². The molecule has 0 fully saturated rings. The Morgan fingerprint density at radius 1 is 1.25 bits per heavy atom. The maximum absolute atomic E-state index is 3.69. The molecule has 0 atom stereocenters. The highest BCUT2D eigenvalue weighted by Gasteiger charge is 2.24. The largest absolute Gasteiger partial charge is 0.312 e. The van der Waals surface area contributed by atoms with E-state index in [0.29, 0.717) is 5.92 Å². The normalized spacial score (nSPS) is 12.6. The number of thiophene rings is 1. The van der Waals surface area contributed by atoms with Gasteiger partial charge >= 0.3 is 0 Å². The molecule has 0 aliphatic heterocycles. The van der Waals surface area contributed by atoms with Crippen molar-refractivity contribution in [2.75, 3.05) is 6.54 Å². The third-order valence-electron chi connectivity index (χ3n) is 3.33. The van der Waals surface area contributed by atoms with E-state index in [1.807, 2.05) is 11.3 Å². The highest BCUT2D eigenvalue weighted by atomic mass is 79.9. The Hall–Kier alpha value is -0.380. The molecule has 0 radical (unpaired) electrons. The minimum Gasteiger partial charge on any atom is -0.312 e. The first kappa shape index (κ1) is 16.0. The molecule has 1 aromatic carbocycles. The zero-order valence-electron chi connectivity index (χ0n) is 13.0. The van der Waals surface area contributed by atoms with Crippen molar-refractivity contribution >= 4 is 37.4 Å². The van der Waals surface area contributed by atoms with Gasteiger partial charge in [-0.3, -0.25) is 0 Å². The zero-order chi connectivity index (χ0) is 14.9. The van der Waals surface area contributed by atoms with Gasteiger partial charge in [-0.2, -0.15) is 0 Å². The number of nitrogens with one attached hydrogen (secondary N) is 1. The van der Waals surface area contributed by atoms with Crippen LogP contribution in [0.25, 0.3) is 10.1 Å². The van der Waals surface area contributed by atoms with Crippen molar-refractivity contribution in [3.63, 3.8) is 0 Å². The molecule has 0 amide bonds. The number of fused-ring (bicyclic) bond motifs is 1. The summed E-state index contributed by atoms with van der Waals surface area (Å²) in [6.45, 7) is 13.5. The zero-order valence-corrected chi connectivity index (χ0v) is 15.4. The molecule has 0 bridgehead atoms. The Morgan fingerprint density at radius 3 is 2.55 bits per heavy atom. The van der Waals surface area contributed by atoms with E-state index in [1.165, 1.54) is 25.0 Å². The van der Waals surface area contributed by atoms with Gasteiger partial charge in [0.15, 0.2) is 0 Å². The van der Waals surface area contributed by atoms with Crippen LogP contribution in [0.4, 0.5) is 0 Å². The topological polar surface area (TPSA) is 12.0 Å². The first-order valence-corrected chi connectivity index (χ1v) is 8.82. The first-order chi connectivity index (χ1) is 9.30. The molecular weight excluding hydrogens is 330 g/mol. The summed E-state index contributed by atoms with van der Waals surface area (Å²) in [7, 11) is 0. The van der Waals surface area contributed by atoms with Gasteiger partial charge in [-0.05, 0) is 50.8 Å². The summed E-state index contributed by atoms with van der Waals surface area (Å²) in [6.07, 6.45) is 0. The van der Waals surface area contributed by atoms with Crippen LogP contribution in [-0.2, 0) is 12.0 Å². The van der Waals surface area contributed by atoms with Crippen molar-refractivity contribution in [3.8, 4) is 0 Å². The molecule has 1 aromatic heterocycles. The molecule has 2 rings (SSSR count). The molecule has 0 unspecified atom stereocenters. The third-order valence-corrected chi connectivity index (χ3v) is 5.49. The lowest BCUT2D eigenvalue weighted by atomic mass is 9.85. The maximum Gasteiger partial charge on any atom is 0.0491 e. The molecule has 20 heavy (non-hydrogen) atoms. The summed E-state index contributed by atoms with van der Waals surface area (Å²) in [5.41, 5.74) is 1.67. The minimum absolute atomic E-state index is 0.174. The number of hydrogen-bond donors (Lipinski definition) is 1. The highest BCUT2D eigenvalue weighted by molar-refractivity contribution is 9.10. The van der Waals surface area contributed by atoms with E-state index in [2.05, 4.69) is 74.1 Å². The Bertz CT molecular complexity index is 593. The van der Waals surface area contributed by atoms with Crippen molar-refractivity contribution in [2.45, 2.75) is 46.6 Å². The van der Waals surface area contributed by atoms with Crippen molar-refractivity contribution < 1.29 is 0 Å². The van der Waals surface area contributed by atoms with Crippen molar-refractivity contribution in [1.29, 1.82) is 0 Å². The number of benzene rings is 1. The summed E-state index contributed by atoms with van der Waals surface area (Å²) in [6, 6.07) is 6.53. The molecular formula is C17H24BrNS. The second-order valence-electron chi connectivity index (χ2n) is 6.79. The molecule has 1 N–H and O–H groups in total. The fourth-order valence-corrected chi connectivity index (χ4v) is 4.55. The van der Waals surface area contributed by atoms with Gasteiger partial charge in [0, 0.05) is 20.6 Å². The molecule has 0 spiro atoms. The van der Waals surface area contributed by atoms with Crippen LogP contribution < -0.4 is 5.32 Å². The monoisotopic (exact) mass is 353 g/mol. The van der Waals surface area contributed by atoms with Gasteiger partial charge in [0.25, 0.3) is 0 Å². The Balaban J connectivity index is 2.44. The Kier molecular flexibility index (Phi) is 4.93. The van der Waals surface area contributed by atoms with Crippen LogP contribution in [0.2, 0.25) is 0 Å². The van der Waals surface area contributed by atoms with Crippen molar-refractivity contribution in [3.05, 3.63) is 33.1 Å². The minimum atomic E-state index is 0.174. The molecule has 1 heterocycles. The van der Waals surface area contributed by atoms with E-state index in [9.17, 15) is 0 Å². The van der Waals surface area contributed by atoms with Crippen LogP contribution in [0, 0.1) is 5.92 Å². The highest BCUT2D eigenvalue weighted by Crippen LogP contribution is 2.41. The summed E-state index contributed by atoms with van der Waals surface area (Å²) in [5, 5.41) is 4.99. The van der Waals surface area contributed by atoms with Gasteiger partial charge in [-0.15, -0.1) is 11.3 Å². The SMILES string of the molecule is CC(C)CNCc1sc2c(Br)cccc2c1C(C)(C)C. The fraction of sp³-hybridized carbons (Fsp3) is 0.529.